The topological polar surface area (TPSA) is 28.8 Å². The van der Waals surface area contributed by atoms with E-state index in [1.807, 2.05) is 30.3 Å². The summed E-state index contributed by atoms with van der Waals surface area (Å²) in [5, 5.41) is 4.52. The third kappa shape index (κ3) is 4.36. The van der Waals surface area contributed by atoms with E-state index in [1.54, 1.807) is 0 Å². The molecule has 0 bridgehead atoms. The zero-order valence-corrected chi connectivity index (χ0v) is 11.0. The number of anilines is 1. The first-order valence-electron chi connectivity index (χ1n) is 6.07. The van der Waals surface area contributed by atoms with E-state index in [0.29, 0.717) is 0 Å². The van der Waals surface area contributed by atoms with Crippen LogP contribution in [0.25, 0.3) is 0 Å². The number of nitrogens with one attached hydrogen (secondary N) is 2. The minimum Gasteiger partial charge on any atom is -1.00 e. The molecule has 1 atom stereocenters. The minimum atomic E-state index is 0. The highest BCUT2D eigenvalue weighted by Gasteiger charge is 2.15. The molecule has 2 rings (SSSR count). The molecule has 0 aromatic heterocycles. The Morgan fingerprint density at radius 2 is 1.88 bits per heavy atom. The number of halogens is 1. The van der Waals surface area contributed by atoms with Crippen molar-refractivity contribution >= 4 is 11.5 Å². The first-order valence-corrected chi connectivity index (χ1v) is 6.07. The standard InChI is InChI=1S/C13H19N3.ClH/c1-16-11-7-3-6-10-13(16)15-14-12-8-4-2-5-9-12;/h2,4-5,8-9,14H,3,6-7,10-11H2,1H3;1H/b15-13+;. The highest BCUT2D eigenvalue weighted by atomic mass is 35.5. The lowest BCUT2D eigenvalue weighted by atomic mass is 10.2. The van der Waals surface area contributed by atoms with Crippen LogP contribution in [0.15, 0.2) is 35.4 Å². The summed E-state index contributed by atoms with van der Waals surface area (Å²) in [6.45, 7) is 1.20. The van der Waals surface area contributed by atoms with Gasteiger partial charge in [0.15, 0.2) is 0 Å². The molecule has 1 aliphatic heterocycles. The fourth-order valence-electron chi connectivity index (χ4n) is 2.01. The van der Waals surface area contributed by atoms with Crippen molar-refractivity contribution in [2.24, 2.45) is 5.10 Å². The van der Waals surface area contributed by atoms with E-state index in [9.17, 15) is 0 Å². The lowest BCUT2D eigenvalue weighted by Gasteiger charge is -2.11. The van der Waals surface area contributed by atoms with Gasteiger partial charge >= 0.3 is 0 Å². The number of amidine groups is 1. The van der Waals surface area contributed by atoms with Crippen molar-refractivity contribution in [3.05, 3.63) is 30.3 Å². The summed E-state index contributed by atoms with van der Waals surface area (Å²) in [5.41, 5.74) is 4.20. The summed E-state index contributed by atoms with van der Waals surface area (Å²) >= 11 is 0. The molecule has 1 aromatic rings. The van der Waals surface area contributed by atoms with Crippen LogP contribution >= 0.6 is 0 Å². The number of hydrogen-bond donors (Lipinski definition) is 2. The molecule has 1 aliphatic rings. The molecule has 1 fully saturated rings. The van der Waals surface area contributed by atoms with E-state index in [0.717, 1.165) is 12.1 Å². The van der Waals surface area contributed by atoms with Crippen molar-refractivity contribution in [2.75, 3.05) is 19.0 Å². The van der Waals surface area contributed by atoms with Crippen LogP contribution in [0.4, 0.5) is 5.69 Å². The number of hydrazone groups is 1. The van der Waals surface area contributed by atoms with Gasteiger partial charge in [-0.05, 0) is 31.4 Å². The maximum atomic E-state index is 4.52. The van der Waals surface area contributed by atoms with Crippen molar-refractivity contribution in [1.82, 2.24) is 0 Å². The third-order valence-electron chi connectivity index (χ3n) is 3.05. The number of para-hydroxylation sites is 1. The van der Waals surface area contributed by atoms with Crippen LogP contribution in [-0.4, -0.2) is 19.4 Å². The number of quaternary nitrogens is 1. The van der Waals surface area contributed by atoms with Crippen LogP contribution in [0.2, 0.25) is 0 Å². The van der Waals surface area contributed by atoms with Gasteiger partial charge in [0.1, 0.15) is 0 Å². The molecule has 94 valence electrons. The summed E-state index contributed by atoms with van der Waals surface area (Å²) in [6.07, 6.45) is 5.04. The molecule has 0 saturated carbocycles. The largest absolute Gasteiger partial charge is 1.00 e. The van der Waals surface area contributed by atoms with Gasteiger partial charge in [-0.25, -0.2) is 0 Å². The van der Waals surface area contributed by atoms with Gasteiger partial charge in [-0.1, -0.05) is 18.2 Å². The average Bonchev–Trinajstić information content (AvgIpc) is 2.53. The predicted molar refractivity (Wildman–Crippen MR) is 67.7 cm³/mol. The SMILES string of the molecule is C[NH+]1CCCCC/C1=N\Nc1ccccc1.[Cl-]. The first-order chi connectivity index (χ1) is 7.86. The number of nitrogens with zero attached hydrogens (tertiary/aromatic N) is 1. The quantitative estimate of drug-likeness (QED) is 0.618. The van der Waals surface area contributed by atoms with Gasteiger partial charge < -0.3 is 12.4 Å². The monoisotopic (exact) mass is 253 g/mol. The van der Waals surface area contributed by atoms with E-state index < -0.39 is 0 Å². The summed E-state index contributed by atoms with van der Waals surface area (Å²) < 4.78 is 0. The summed E-state index contributed by atoms with van der Waals surface area (Å²) in [5.74, 6) is 1.25. The van der Waals surface area contributed by atoms with Gasteiger partial charge in [-0.3, -0.25) is 10.3 Å². The number of likely N-dealkylation sites (tertiary alicyclic amines) is 1. The van der Waals surface area contributed by atoms with Crippen molar-refractivity contribution in [3.63, 3.8) is 0 Å². The van der Waals surface area contributed by atoms with Gasteiger partial charge in [-0.2, -0.15) is 0 Å². The molecule has 4 heteroatoms. The normalized spacial score (nSPS) is 22.6. The molecule has 1 saturated heterocycles. The lowest BCUT2D eigenvalue weighted by molar-refractivity contribution is -0.783. The van der Waals surface area contributed by atoms with E-state index in [-0.39, 0.29) is 12.4 Å². The number of benzene rings is 1. The third-order valence-corrected chi connectivity index (χ3v) is 3.05. The molecular weight excluding hydrogens is 234 g/mol. The summed E-state index contributed by atoms with van der Waals surface area (Å²) in [7, 11) is 2.21. The van der Waals surface area contributed by atoms with Crippen molar-refractivity contribution < 1.29 is 17.3 Å². The molecular formula is C13H20ClN3. The van der Waals surface area contributed by atoms with Crippen LogP contribution in [0.1, 0.15) is 25.7 Å². The Kier molecular flexibility index (Phi) is 6.01. The zero-order valence-electron chi connectivity index (χ0n) is 10.2. The van der Waals surface area contributed by atoms with E-state index in [4.69, 9.17) is 0 Å². The Bertz CT molecular complexity index is 351. The van der Waals surface area contributed by atoms with Crippen molar-refractivity contribution in [2.45, 2.75) is 25.7 Å². The maximum absolute atomic E-state index is 4.52. The van der Waals surface area contributed by atoms with Crippen LogP contribution in [0.3, 0.4) is 0 Å². The second kappa shape index (κ2) is 7.30. The van der Waals surface area contributed by atoms with Crippen LogP contribution < -0.4 is 22.7 Å². The average molecular weight is 254 g/mol. The number of hydrogen-bond acceptors (Lipinski definition) is 2. The smallest absolute Gasteiger partial charge is 0.218 e. The van der Waals surface area contributed by atoms with Gasteiger partial charge in [0.05, 0.1) is 19.3 Å². The van der Waals surface area contributed by atoms with Crippen molar-refractivity contribution in [1.29, 1.82) is 0 Å². The molecule has 2 N–H and O–H groups in total. The predicted octanol–water partition coefficient (Wildman–Crippen LogP) is -1.50. The fraction of sp³-hybridized carbons (Fsp3) is 0.462. The summed E-state index contributed by atoms with van der Waals surface area (Å²) in [4.78, 5) is 1.45. The van der Waals surface area contributed by atoms with E-state index in [2.05, 4.69) is 17.6 Å². The second-order valence-electron chi connectivity index (χ2n) is 4.38. The molecule has 0 aliphatic carbocycles. The van der Waals surface area contributed by atoms with Gasteiger partial charge in [0.25, 0.3) is 0 Å². The maximum Gasteiger partial charge on any atom is 0.218 e. The highest BCUT2D eigenvalue weighted by molar-refractivity contribution is 5.74. The molecule has 3 nitrogen and oxygen atoms in total. The zero-order chi connectivity index (χ0) is 11.2. The Hall–Kier alpha value is -1.06. The Morgan fingerprint density at radius 1 is 1.12 bits per heavy atom. The first kappa shape index (κ1) is 14.0. The molecule has 1 unspecified atom stereocenters. The molecule has 1 aromatic carbocycles. The highest BCUT2D eigenvalue weighted by Crippen LogP contribution is 2.06. The molecule has 0 spiro atoms. The molecule has 1 heterocycles. The van der Waals surface area contributed by atoms with Gasteiger partial charge in [0.2, 0.25) is 5.84 Å². The molecule has 0 radical (unpaired) electrons. The molecule has 17 heavy (non-hydrogen) atoms. The summed E-state index contributed by atoms with van der Waals surface area (Å²) in [6, 6.07) is 10.1. The van der Waals surface area contributed by atoms with Crippen LogP contribution in [0, 0.1) is 0 Å². The van der Waals surface area contributed by atoms with Crippen LogP contribution in [0.5, 0.6) is 0 Å². The fourth-order valence-corrected chi connectivity index (χ4v) is 2.01. The molecule has 0 amide bonds. The Labute approximate surface area is 109 Å². The van der Waals surface area contributed by atoms with Crippen molar-refractivity contribution in [3.8, 4) is 0 Å². The Morgan fingerprint density at radius 3 is 2.65 bits per heavy atom. The van der Waals surface area contributed by atoms with Gasteiger partial charge in [-0.15, -0.1) is 5.10 Å². The van der Waals surface area contributed by atoms with E-state index in [1.165, 1.54) is 36.5 Å². The van der Waals surface area contributed by atoms with Crippen LogP contribution in [-0.2, 0) is 0 Å². The second-order valence-corrected chi connectivity index (χ2v) is 4.38. The Balaban J connectivity index is 0.00000144. The number of rotatable bonds is 2. The lowest BCUT2D eigenvalue weighted by Crippen LogP contribution is -3.11. The van der Waals surface area contributed by atoms with E-state index >= 15 is 0 Å². The minimum absolute atomic E-state index is 0. The van der Waals surface area contributed by atoms with Gasteiger partial charge in [0, 0.05) is 6.42 Å².